The van der Waals surface area contributed by atoms with Crippen molar-refractivity contribution in [1.82, 2.24) is 9.97 Å². The van der Waals surface area contributed by atoms with Crippen LogP contribution >= 0.6 is 0 Å². The van der Waals surface area contributed by atoms with Crippen LogP contribution in [0.5, 0.6) is 11.8 Å². The summed E-state index contributed by atoms with van der Waals surface area (Å²) in [5.41, 5.74) is 0. The number of ether oxygens (including phenoxy) is 1. The first-order valence-corrected chi connectivity index (χ1v) is 5.42. The van der Waals surface area contributed by atoms with Gasteiger partial charge in [0.25, 0.3) is 0 Å². The zero-order valence-corrected chi connectivity index (χ0v) is 8.79. The molecular weight excluding hydrogens is 267 g/mol. The predicted octanol–water partition coefficient (Wildman–Crippen LogP) is -0.229. The Labute approximate surface area is 93.1 Å². The molecule has 1 aromatic heterocycles. The number of nitrogens with two attached hydrogens (primary N) is 1. The van der Waals surface area contributed by atoms with E-state index in [-0.39, 0.29) is 0 Å². The standard InChI is InChI=1S/C6H6F3N3O4S/c7-6(8,9)1-16-5-3(17(10,14)15)4(13)11-2-12-5/h2H,1H2,(H2,10,14,15)(H,11,12,13). The molecule has 0 aliphatic heterocycles. The van der Waals surface area contributed by atoms with Crippen LogP contribution in [0.3, 0.4) is 0 Å². The molecule has 0 aliphatic carbocycles. The lowest BCUT2D eigenvalue weighted by Crippen LogP contribution is -2.22. The van der Waals surface area contributed by atoms with E-state index >= 15 is 0 Å². The third kappa shape index (κ3) is 3.71. The molecule has 17 heavy (non-hydrogen) atoms. The molecule has 0 fully saturated rings. The summed E-state index contributed by atoms with van der Waals surface area (Å²) in [5, 5.41) is 13.8. The Bertz CT molecular complexity index is 516. The van der Waals surface area contributed by atoms with Gasteiger partial charge in [-0.15, -0.1) is 0 Å². The number of aromatic nitrogens is 2. The first-order chi connectivity index (χ1) is 7.61. The molecule has 0 atom stereocenters. The average molecular weight is 273 g/mol. The van der Waals surface area contributed by atoms with Crippen molar-refractivity contribution in [2.45, 2.75) is 11.1 Å². The molecule has 1 aromatic rings. The van der Waals surface area contributed by atoms with E-state index in [1.807, 2.05) is 0 Å². The van der Waals surface area contributed by atoms with Crippen molar-refractivity contribution < 1.29 is 31.4 Å². The molecule has 0 unspecified atom stereocenters. The van der Waals surface area contributed by atoms with E-state index in [0.717, 1.165) is 0 Å². The molecule has 0 aliphatic rings. The monoisotopic (exact) mass is 273 g/mol. The van der Waals surface area contributed by atoms with Crippen LogP contribution in [0, 0.1) is 0 Å². The Morgan fingerprint density at radius 1 is 1.41 bits per heavy atom. The summed E-state index contributed by atoms with van der Waals surface area (Å²) in [6, 6.07) is 0. The second-order valence-electron chi connectivity index (χ2n) is 2.78. The van der Waals surface area contributed by atoms with Gasteiger partial charge in [-0.3, -0.25) is 0 Å². The number of primary sulfonamides is 1. The summed E-state index contributed by atoms with van der Waals surface area (Å²) >= 11 is 0. The molecule has 0 amide bonds. The molecular formula is C6H6F3N3O4S. The Morgan fingerprint density at radius 3 is 2.47 bits per heavy atom. The van der Waals surface area contributed by atoms with Crippen LogP contribution in [0.1, 0.15) is 0 Å². The van der Waals surface area contributed by atoms with Crippen molar-refractivity contribution in [1.29, 1.82) is 0 Å². The third-order valence-electron chi connectivity index (χ3n) is 1.41. The van der Waals surface area contributed by atoms with Crippen LogP contribution in [-0.4, -0.2) is 36.3 Å². The Kier molecular flexibility index (Phi) is 3.43. The van der Waals surface area contributed by atoms with Crippen LogP contribution in [-0.2, 0) is 10.0 Å². The fourth-order valence-electron chi connectivity index (χ4n) is 0.851. The first-order valence-electron chi connectivity index (χ1n) is 3.87. The normalized spacial score (nSPS) is 12.5. The van der Waals surface area contributed by atoms with Crippen LogP contribution in [0.15, 0.2) is 11.2 Å². The minimum Gasteiger partial charge on any atom is -0.492 e. The number of sulfonamides is 1. The lowest BCUT2D eigenvalue weighted by Gasteiger charge is -2.10. The molecule has 0 aromatic carbocycles. The van der Waals surface area contributed by atoms with Gasteiger partial charge < -0.3 is 9.84 Å². The molecule has 7 nitrogen and oxygen atoms in total. The Hall–Kier alpha value is -1.62. The molecule has 96 valence electrons. The maximum atomic E-state index is 11.9. The number of alkyl halides is 3. The fraction of sp³-hybridized carbons (Fsp3) is 0.333. The van der Waals surface area contributed by atoms with Gasteiger partial charge in [-0.05, 0) is 0 Å². The minimum absolute atomic E-state index is 0.635. The number of aromatic hydroxyl groups is 1. The highest BCUT2D eigenvalue weighted by atomic mass is 32.2. The Balaban J connectivity index is 3.13. The van der Waals surface area contributed by atoms with Gasteiger partial charge in [-0.25, -0.2) is 23.5 Å². The van der Waals surface area contributed by atoms with Gasteiger partial charge in [0.05, 0.1) is 0 Å². The van der Waals surface area contributed by atoms with Gasteiger partial charge in [0.1, 0.15) is 6.33 Å². The van der Waals surface area contributed by atoms with Crippen molar-refractivity contribution in [2.24, 2.45) is 5.14 Å². The first kappa shape index (κ1) is 13.4. The van der Waals surface area contributed by atoms with Gasteiger partial charge in [-0.1, -0.05) is 0 Å². The summed E-state index contributed by atoms with van der Waals surface area (Å²) in [5.74, 6) is -2.04. The lowest BCUT2D eigenvalue weighted by molar-refractivity contribution is -0.154. The maximum Gasteiger partial charge on any atom is 0.422 e. The largest absolute Gasteiger partial charge is 0.492 e. The number of rotatable bonds is 3. The predicted molar refractivity (Wildman–Crippen MR) is 46.6 cm³/mol. The van der Waals surface area contributed by atoms with E-state index in [1.54, 1.807) is 0 Å². The molecule has 0 saturated heterocycles. The summed E-state index contributed by atoms with van der Waals surface area (Å²) in [6.45, 7) is -1.77. The minimum atomic E-state index is -4.68. The van der Waals surface area contributed by atoms with Crippen molar-refractivity contribution in [3.8, 4) is 11.8 Å². The van der Waals surface area contributed by atoms with Gasteiger partial charge in [-0.2, -0.15) is 13.2 Å². The average Bonchev–Trinajstić information content (AvgIpc) is 2.11. The molecule has 3 N–H and O–H groups in total. The van der Waals surface area contributed by atoms with E-state index in [4.69, 9.17) is 5.11 Å². The smallest absolute Gasteiger partial charge is 0.422 e. The van der Waals surface area contributed by atoms with Gasteiger partial charge >= 0.3 is 6.18 Å². The molecule has 1 rings (SSSR count). The topological polar surface area (TPSA) is 115 Å². The lowest BCUT2D eigenvalue weighted by atomic mass is 10.6. The molecule has 0 saturated carbocycles. The number of hydrogen-bond donors (Lipinski definition) is 2. The quantitative estimate of drug-likeness (QED) is 0.786. The van der Waals surface area contributed by atoms with E-state index in [9.17, 15) is 21.6 Å². The molecule has 1 heterocycles. The summed E-state index contributed by atoms with van der Waals surface area (Å²) in [7, 11) is -4.50. The van der Waals surface area contributed by atoms with Crippen LogP contribution in [0.25, 0.3) is 0 Å². The molecule has 0 spiro atoms. The molecule has 0 bridgehead atoms. The fourth-order valence-corrected chi connectivity index (χ4v) is 1.51. The van der Waals surface area contributed by atoms with Gasteiger partial charge in [0, 0.05) is 0 Å². The summed E-state index contributed by atoms with van der Waals surface area (Å²) in [6.07, 6.45) is -4.05. The van der Waals surface area contributed by atoms with Gasteiger partial charge in [0.15, 0.2) is 6.61 Å². The van der Waals surface area contributed by atoms with Crippen molar-refractivity contribution in [3.63, 3.8) is 0 Å². The van der Waals surface area contributed by atoms with Crippen LogP contribution in [0.4, 0.5) is 13.2 Å². The van der Waals surface area contributed by atoms with E-state index in [0.29, 0.717) is 6.33 Å². The van der Waals surface area contributed by atoms with Crippen molar-refractivity contribution >= 4 is 10.0 Å². The van der Waals surface area contributed by atoms with E-state index in [2.05, 4.69) is 19.8 Å². The SMILES string of the molecule is NS(=O)(=O)c1c(O)ncnc1OCC(F)(F)F. The molecule has 0 radical (unpaired) electrons. The number of nitrogens with zero attached hydrogens (tertiary/aromatic N) is 2. The Morgan fingerprint density at radius 2 is 2.00 bits per heavy atom. The third-order valence-corrected chi connectivity index (χ3v) is 2.34. The highest BCUT2D eigenvalue weighted by molar-refractivity contribution is 7.89. The number of halogens is 3. The van der Waals surface area contributed by atoms with Crippen molar-refractivity contribution in [2.75, 3.05) is 6.61 Å². The highest BCUT2D eigenvalue weighted by Crippen LogP contribution is 2.28. The van der Waals surface area contributed by atoms with Crippen LogP contribution < -0.4 is 9.88 Å². The van der Waals surface area contributed by atoms with Crippen molar-refractivity contribution in [3.05, 3.63) is 6.33 Å². The van der Waals surface area contributed by atoms with Gasteiger partial charge in [0.2, 0.25) is 26.7 Å². The number of hydrogen-bond acceptors (Lipinski definition) is 6. The maximum absolute atomic E-state index is 11.9. The zero-order valence-electron chi connectivity index (χ0n) is 7.97. The van der Waals surface area contributed by atoms with E-state index < -0.39 is 39.5 Å². The van der Waals surface area contributed by atoms with Crippen LogP contribution in [0.2, 0.25) is 0 Å². The second-order valence-corrected chi connectivity index (χ2v) is 4.28. The summed E-state index contributed by atoms with van der Waals surface area (Å²) < 4.78 is 61.6. The van der Waals surface area contributed by atoms with E-state index in [1.165, 1.54) is 0 Å². The second kappa shape index (κ2) is 4.33. The zero-order chi connectivity index (χ0) is 13.3. The highest BCUT2D eigenvalue weighted by Gasteiger charge is 2.31. The molecule has 11 heteroatoms. The summed E-state index contributed by atoms with van der Waals surface area (Å²) in [4.78, 5) is 5.14.